The molecular weight excluding hydrogens is 380 g/mol. The van der Waals surface area contributed by atoms with Gasteiger partial charge < -0.3 is 16.0 Å². The van der Waals surface area contributed by atoms with Gasteiger partial charge in [0.2, 0.25) is 0 Å². The number of nitrogens with one attached hydrogen (secondary N) is 2. The zero-order chi connectivity index (χ0) is 22.0. The van der Waals surface area contributed by atoms with Crippen molar-refractivity contribution in [2.45, 2.75) is 20.8 Å². The molecule has 0 amide bonds. The second kappa shape index (κ2) is 8.52. The van der Waals surface area contributed by atoms with Gasteiger partial charge in [0.15, 0.2) is 0 Å². The molecule has 1 heterocycles. The Morgan fingerprint density at radius 3 is 2.06 bits per heavy atom. The van der Waals surface area contributed by atoms with Crippen LogP contribution in [0.5, 0.6) is 0 Å². The molecule has 1 aromatic heterocycles. The predicted molar refractivity (Wildman–Crippen MR) is 131 cm³/mol. The molecule has 0 aliphatic carbocycles. The number of fused-ring (bicyclic) bond motifs is 1. The Balaban J connectivity index is 1.54. The molecule has 0 bridgehead atoms. The first-order valence-corrected chi connectivity index (χ1v) is 10.5. The lowest BCUT2D eigenvalue weighted by Crippen LogP contribution is -2.16. The van der Waals surface area contributed by atoms with Crippen LogP contribution in [-0.2, 0) is 0 Å². The highest BCUT2D eigenvalue weighted by Crippen LogP contribution is 2.28. The molecule has 4 N–H and O–H groups in total. The predicted octanol–water partition coefficient (Wildman–Crippen LogP) is 6.22. The molecule has 31 heavy (non-hydrogen) atoms. The summed E-state index contributed by atoms with van der Waals surface area (Å²) in [5.74, 6) is 1.27. The van der Waals surface area contributed by atoms with E-state index >= 15 is 0 Å². The van der Waals surface area contributed by atoms with Crippen molar-refractivity contribution in [2.24, 2.45) is 11.7 Å². The second-order valence-electron chi connectivity index (χ2n) is 8.09. The van der Waals surface area contributed by atoms with Crippen LogP contribution in [0.15, 0.2) is 85.2 Å². The molecule has 0 saturated carbocycles. The minimum Gasteiger partial charge on any atom is -0.403 e. The Morgan fingerprint density at radius 2 is 1.48 bits per heavy atom. The van der Waals surface area contributed by atoms with Gasteiger partial charge in [0.05, 0.1) is 16.7 Å². The average Bonchev–Trinajstić information content (AvgIpc) is 3.16. The molecule has 0 aliphatic rings. The Kier molecular flexibility index (Phi) is 5.63. The zero-order valence-corrected chi connectivity index (χ0v) is 18.2. The van der Waals surface area contributed by atoms with E-state index in [0.29, 0.717) is 5.92 Å². The minimum atomic E-state index is 0.339. The molecule has 4 aromatic rings. The van der Waals surface area contributed by atoms with Crippen LogP contribution >= 0.6 is 0 Å². The number of nitrogens with zero attached hydrogens (tertiary/aromatic N) is 1. The smallest absolute Gasteiger partial charge is 0.104 e. The van der Waals surface area contributed by atoms with Gasteiger partial charge in [-0.3, -0.25) is 0 Å². The van der Waals surface area contributed by atoms with E-state index in [9.17, 15) is 0 Å². The third kappa shape index (κ3) is 4.38. The summed E-state index contributed by atoms with van der Waals surface area (Å²) in [5, 5.41) is 3.32. The first-order chi connectivity index (χ1) is 14.9. The van der Waals surface area contributed by atoms with Gasteiger partial charge in [-0.25, -0.2) is 4.98 Å². The number of aromatic nitrogens is 2. The van der Waals surface area contributed by atoms with Crippen molar-refractivity contribution in [3.05, 3.63) is 96.6 Å². The molecule has 0 atom stereocenters. The SMILES string of the molecule is C=C(N/C(=C\N)c1ccc(-c2ccc(-c3ccc4nc(C)[nH]c4c3)cc2)cc1)C(C)C. The molecule has 3 aromatic carbocycles. The summed E-state index contributed by atoms with van der Waals surface area (Å²) in [5.41, 5.74) is 15.4. The minimum absolute atomic E-state index is 0.339. The summed E-state index contributed by atoms with van der Waals surface area (Å²) in [6.07, 6.45) is 1.59. The Morgan fingerprint density at radius 1 is 0.935 bits per heavy atom. The number of imidazole rings is 1. The van der Waals surface area contributed by atoms with Crippen LogP contribution in [0.1, 0.15) is 25.2 Å². The van der Waals surface area contributed by atoms with E-state index in [1.165, 1.54) is 16.7 Å². The van der Waals surface area contributed by atoms with Gasteiger partial charge >= 0.3 is 0 Å². The van der Waals surface area contributed by atoms with Crippen molar-refractivity contribution in [3.63, 3.8) is 0 Å². The van der Waals surface area contributed by atoms with Crippen molar-refractivity contribution >= 4 is 16.7 Å². The van der Waals surface area contributed by atoms with E-state index in [0.717, 1.165) is 39.4 Å². The molecule has 0 aliphatic heterocycles. The number of benzene rings is 3. The van der Waals surface area contributed by atoms with Crippen LogP contribution in [0.2, 0.25) is 0 Å². The van der Waals surface area contributed by atoms with Gasteiger partial charge in [-0.1, -0.05) is 75.0 Å². The highest BCUT2D eigenvalue weighted by atomic mass is 14.9. The molecule has 156 valence electrons. The fourth-order valence-corrected chi connectivity index (χ4v) is 3.54. The van der Waals surface area contributed by atoms with E-state index in [-0.39, 0.29) is 0 Å². The van der Waals surface area contributed by atoms with Crippen LogP contribution in [0.25, 0.3) is 39.0 Å². The summed E-state index contributed by atoms with van der Waals surface area (Å²) in [4.78, 5) is 7.78. The quantitative estimate of drug-likeness (QED) is 0.355. The van der Waals surface area contributed by atoms with Crippen molar-refractivity contribution < 1.29 is 0 Å². The van der Waals surface area contributed by atoms with E-state index in [4.69, 9.17) is 5.73 Å². The van der Waals surface area contributed by atoms with Gasteiger partial charge in [-0.15, -0.1) is 0 Å². The number of H-pyrrole nitrogens is 1. The summed E-state index contributed by atoms with van der Waals surface area (Å²) in [7, 11) is 0. The van der Waals surface area contributed by atoms with Crippen molar-refractivity contribution in [3.8, 4) is 22.3 Å². The number of rotatable bonds is 6. The highest BCUT2D eigenvalue weighted by molar-refractivity contribution is 5.82. The number of aryl methyl sites for hydroxylation is 1. The van der Waals surface area contributed by atoms with Crippen LogP contribution in [0.3, 0.4) is 0 Å². The first kappa shape index (κ1) is 20.5. The van der Waals surface area contributed by atoms with Crippen LogP contribution in [0.4, 0.5) is 0 Å². The summed E-state index contributed by atoms with van der Waals surface area (Å²) >= 11 is 0. The van der Waals surface area contributed by atoms with Crippen LogP contribution in [-0.4, -0.2) is 9.97 Å². The van der Waals surface area contributed by atoms with Crippen LogP contribution < -0.4 is 11.1 Å². The Bertz CT molecular complexity index is 1240. The topological polar surface area (TPSA) is 66.7 Å². The number of allylic oxidation sites excluding steroid dienone is 1. The summed E-state index contributed by atoms with van der Waals surface area (Å²) in [6, 6.07) is 23.4. The maximum absolute atomic E-state index is 5.84. The number of aromatic amines is 1. The zero-order valence-electron chi connectivity index (χ0n) is 18.2. The van der Waals surface area contributed by atoms with E-state index in [2.05, 4.69) is 102 Å². The average molecular weight is 409 g/mol. The van der Waals surface area contributed by atoms with E-state index < -0.39 is 0 Å². The molecule has 4 nitrogen and oxygen atoms in total. The van der Waals surface area contributed by atoms with Gasteiger partial charge in [0.25, 0.3) is 0 Å². The maximum atomic E-state index is 5.84. The van der Waals surface area contributed by atoms with Crippen molar-refractivity contribution in [2.75, 3.05) is 0 Å². The van der Waals surface area contributed by atoms with Gasteiger partial charge in [0, 0.05) is 11.9 Å². The monoisotopic (exact) mass is 408 g/mol. The lowest BCUT2D eigenvalue weighted by atomic mass is 9.99. The Labute approximate surface area is 183 Å². The van der Waals surface area contributed by atoms with Crippen LogP contribution in [0, 0.1) is 12.8 Å². The van der Waals surface area contributed by atoms with Gasteiger partial charge in [0.1, 0.15) is 5.82 Å². The molecule has 0 radical (unpaired) electrons. The highest BCUT2D eigenvalue weighted by Gasteiger charge is 2.07. The Hall–Kier alpha value is -3.79. The third-order valence-corrected chi connectivity index (χ3v) is 5.51. The van der Waals surface area contributed by atoms with Gasteiger partial charge in [-0.05, 0) is 52.8 Å². The lowest BCUT2D eigenvalue weighted by Gasteiger charge is -2.16. The number of hydrogen-bond donors (Lipinski definition) is 3. The fourth-order valence-electron chi connectivity index (χ4n) is 3.54. The fraction of sp³-hybridized carbons (Fsp3) is 0.148. The largest absolute Gasteiger partial charge is 0.403 e. The number of nitrogens with two attached hydrogens (primary N) is 1. The molecule has 4 rings (SSSR count). The summed E-state index contributed by atoms with van der Waals surface area (Å²) < 4.78 is 0. The van der Waals surface area contributed by atoms with Gasteiger partial charge in [-0.2, -0.15) is 0 Å². The standard InChI is InChI=1S/C27H28N4/c1-17(2)18(3)29-27(16-28)23-11-9-21(10-12-23)20-5-7-22(8-6-20)24-13-14-25-26(15-24)31-19(4)30-25/h5-17,29H,3,28H2,1-2,4H3,(H,30,31)/b27-16-. The molecule has 0 saturated heterocycles. The molecule has 0 spiro atoms. The van der Waals surface area contributed by atoms with E-state index in [1.807, 2.05) is 6.92 Å². The molecular formula is C27H28N4. The van der Waals surface area contributed by atoms with Crippen molar-refractivity contribution in [1.82, 2.24) is 15.3 Å². The summed E-state index contributed by atoms with van der Waals surface area (Å²) in [6.45, 7) is 10.2. The third-order valence-electron chi connectivity index (χ3n) is 5.51. The second-order valence-corrected chi connectivity index (χ2v) is 8.09. The normalized spacial score (nSPS) is 11.8. The molecule has 4 heteroatoms. The number of hydrogen-bond acceptors (Lipinski definition) is 3. The van der Waals surface area contributed by atoms with E-state index in [1.54, 1.807) is 6.20 Å². The van der Waals surface area contributed by atoms with Crippen molar-refractivity contribution in [1.29, 1.82) is 0 Å². The molecule has 0 fully saturated rings. The lowest BCUT2D eigenvalue weighted by molar-refractivity contribution is 0.724. The molecule has 0 unspecified atom stereocenters. The first-order valence-electron chi connectivity index (χ1n) is 10.5. The maximum Gasteiger partial charge on any atom is 0.104 e.